The lowest BCUT2D eigenvalue weighted by molar-refractivity contribution is -0.389. The normalized spacial score (nSPS) is 10.0. The summed E-state index contributed by atoms with van der Waals surface area (Å²) in [5.41, 5.74) is 0.623. The van der Waals surface area contributed by atoms with Gasteiger partial charge in [0.15, 0.2) is 6.20 Å². The number of rotatable bonds is 4. The summed E-state index contributed by atoms with van der Waals surface area (Å²) in [7, 11) is 0. The average Bonchev–Trinajstić information content (AvgIpc) is 2.41. The van der Waals surface area contributed by atoms with Crippen molar-refractivity contribution >= 4 is 23.2 Å². The topological polar surface area (TPSA) is 126 Å². The number of hydrogen-bond donors (Lipinski definition) is 3. The highest BCUT2D eigenvalue weighted by atomic mass is 16.6. The van der Waals surface area contributed by atoms with Crippen molar-refractivity contribution < 1.29 is 19.9 Å². The smallest absolute Gasteiger partial charge is 0.363 e. The molecule has 0 amide bonds. The number of phenols is 1. The van der Waals surface area contributed by atoms with Crippen LogP contribution < -0.4 is 5.32 Å². The monoisotopic (exact) mass is 275 g/mol. The van der Waals surface area contributed by atoms with Gasteiger partial charge in [-0.1, -0.05) is 0 Å². The van der Waals surface area contributed by atoms with E-state index in [1.807, 2.05) is 0 Å². The predicted molar refractivity (Wildman–Crippen MR) is 69.2 cm³/mol. The maximum absolute atomic E-state index is 10.9. The van der Waals surface area contributed by atoms with Gasteiger partial charge in [0.2, 0.25) is 0 Å². The van der Waals surface area contributed by atoms with Crippen LogP contribution in [0, 0.1) is 10.1 Å². The number of pyridine rings is 1. The van der Waals surface area contributed by atoms with Crippen LogP contribution in [-0.2, 0) is 0 Å². The highest BCUT2D eigenvalue weighted by Crippen LogP contribution is 2.24. The van der Waals surface area contributed by atoms with Crippen molar-refractivity contribution in [2.45, 2.75) is 0 Å². The van der Waals surface area contributed by atoms with E-state index < -0.39 is 10.9 Å². The van der Waals surface area contributed by atoms with Crippen LogP contribution in [0.5, 0.6) is 5.75 Å². The van der Waals surface area contributed by atoms with Crippen molar-refractivity contribution in [2.24, 2.45) is 0 Å². The van der Waals surface area contributed by atoms with Gasteiger partial charge < -0.3 is 25.6 Å². The van der Waals surface area contributed by atoms with Crippen LogP contribution >= 0.6 is 0 Å². The summed E-state index contributed by atoms with van der Waals surface area (Å²) in [6.07, 6.45) is 1.26. The second kappa shape index (κ2) is 5.22. The molecule has 0 saturated heterocycles. The summed E-state index contributed by atoms with van der Waals surface area (Å²) in [6, 6.07) is 6.63. The van der Waals surface area contributed by atoms with E-state index in [4.69, 9.17) is 5.11 Å². The lowest BCUT2D eigenvalue weighted by Crippen LogP contribution is -1.99. The first-order valence-electron chi connectivity index (χ1n) is 5.41. The van der Waals surface area contributed by atoms with Gasteiger partial charge in [-0.05, 0) is 34.2 Å². The summed E-state index contributed by atoms with van der Waals surface area (Å²) >= 11 is 0. The molecule has 8 nitrogen and oxygen atoms in total. The molecule has 0 radical (unpaired) electrons. The number of anilines is 2. The summed E-state index contributed by atoms with van der Waals surface area (Å²) < 4.78 is 0. The van der Waals surface area contributed by atoms with Gasteiger partial charge in [-0.3, -0.25) is 0 Å². The first kappa shape index (κ1) is 13.3. The van der Waals surface area contributed by atoms with Crippen LogP contribution in [0.1, 0.15) is 10.4 Å². The first-order valence-corrected chi connectivity index (χ1v) is 5.41. The van der Waals surface area contributed by atoms with E-state index in [2.05, 4.69) is 10.3 Å². The Bertz CT molecular complexity index is 669. The number of nitrogens with one attached hydrogen (secondary N) is 1. The van der Waals surface area contributed by atoms with E-state index in [9.17, 15) is 20.0 Å². The van der Waals surface area contributed by atoms with Crippen molar-refractivity contribution in [1.29, 1.82) is 0 Å². The van der Waals surface area contributed by atoms with Crippen LogP contribution in [0.2, 0.25) is 0 Å². The zero-order valence-electron chi connectivity index (χ0n) is 9.98. The minimum Gasteiger partial charge on any atom is -0.507 e. The average molecular weight is 275 g/mol. The van der Waals surface area contributed by atoms with Gasteiger partial charge in [-0.2, -0.15) is 0 Å². The maximum atomic E-state index is 10.9. The van der Waals surface area contributed by atoms with Gasteiger partial charge in [-0.25, -0.2) is 4.79 Å². The summed E-state index contributed by atoms with van der Waals surface area (Å²) in [6.45, 7) is 0. The number of hydrogen-bond acceptors (Lipinski definition) is 6. The number of nitro groups is 1. The zero-order valence-corrected chi connectivity index (χ0v) is 9.98. The Morgan fingerprint density at radius 2 is 1.95 bits per heavy atom. The summed E-state index contributed by atoms with van der Waals surface area (Å²) in [4.78, 5) is 24.3. The first-order chi connectivity index (χ1) is 9.47. The molecule has 3 N–H and O–H groups in total. The fourth-order valence-corrected chi connectivity index (χ4v) is 1.52. The SMILES string of the molecule is O=C(O)c1cc(Nc2ccc([N+](=O)[O-])nc2)ccc1O. The van der Waals surface area contributed by atoms with Crippen LogP contribution in [0.25, 0.3) is 0 Å². The van der Waals surface area contributed by atoms with Crippen molar-refractivity contribution in [3.05, 3.63) is 52.2 Å². The van der Waals surface area contributed by atoms with E-state index in [1.54, 1.807) is 0 Å². The molecule has 1 heterocycles. The van der Waals surface area contributed by atoms with Crippen molar-refractivity contribution in [1.82, 2.24) is 4.98 Å². The van der Waals surface area contributed by atoms with Gasteiger partial charge in [0.1, 0.15) is 11.3 Å². The molecule has 1 aromatic carbocycles. The Morgan fingerprint density at radius 3 is 2.50 bits per heavy atom. The molecule has 0 unspecified atom stereocenters. The molecule has 0 aliphatic rings. The second-order valence-corrected chi connectivity index (χ2v) is 3.82. The lowest BCUT2D eigenvalue weighted by atomic mass is 10.1. The van der Waals surface area contributed by atoms with E-state index in [-0.39, 0.29) is 17.1 Å². The van der Waals surface area contributed by atoms with Crippen molar-refractivity contribution in [3.8, 4) is 5.75 Å². The largest absolute Gasteiger partial charge is 0.507 e. The third-order valence-electron chi connectivity index (χ3n) is 2.45. The minimum atomic E-state index is -1.26. The number of benzene rings is 1. The lowest BCUT2D eigenvalue weighted by Gasteiger charge is -2.06. The van der Waals surface area contributed by atoms with Gasteiger partial charge in [0, 0.05) is 11.8 Å². The molecular formula is C12H9N3O5. The van der Waals surface area contributed by atoms with Gasteiger partial charge in [0.25, 0.3) is 0 Å². The highest BCUT2D eigenvalue weighted by Gasteiger charge is 2.11. The van der Waals surface area contributed by atoms with E-state index in [0.717, 1.165) is 0 Å². The quantitative estimate of drug-likeness (QED) is 0.443. The van der Waals surface area contributed by atoms with Crippen LogP contribution in [-0.4, -0.2) is 26.1 Å². The highest BCUT2D eigenvalue weighted by molar-refractivity contribution is 5.92. The Kier molecular flexibility index (Phi) is 3.47. The molecule has 0 spiro atoms. The fourth-order valence-electron chi connectivity index (χ4n) is 1.52. The van der Waals surface area contributed by atoms with Crippen LogP contribution in [0.15, 0.2) is 36.5 Å². The fraction of sp³-hybridized carbons (Fsp3) is 0. The standard InChI is InChI=1S/C12H9N3O5/c16-10-3-1-7(5-9(10)12(17)18)14-8-2-4-11(13-6-8)15(19)20/h1-6,14,16H,(H,17,18). The number of aromatic carboxylic acids is 1. The zero-order chi connectivity index (χ0) is 14.7. The molecule has 0 aliphatic heterocycles. The molecular weight excluding hydrogens is 266 g/mol. The molecule has 0 bridgehead atoms. The number of carboxylic acid groups (broad SMARTS) is 1. The minimum absolute atomic E-state index is 0.245. The Morgan fingerprint density at radius 1 is 1.25 bits per heavy atom. The van der Waals surface area contributed by atoms with Crippen LogP contribution in [0.4, 0.5) is 17.2 Å². The molecule has 102 valence electrons. The van der Waals surface area contributed by atoms with E-state index >= 15 is 0 Å². The molecule has 1 aromatic heterocycles. The molecule has 0 saturated carbocycles. The molecule has 0 atom stereocenters. The van der Waals surface area contributed by atoms with Crippen molar-refractivity contribution in [3.63, 3.8) is 0 Å². The molecule has 0 aliphatic carbocycles. The van der Waals surface area contributed by atoms with Gasteiger partial charge >= 0.3 is 11.8 Å². The third-order valence-corrected chi connectivity index (χ3v) is 2.45. The van der Waals surface area contributed by atoms with E-state index in [0.29, 0.717) is 11.4 Å². The predicted octanol–water partition coefficient (Wildman–Crippen LogP) is 2.14. The molecule has 2 aromatic rings. The molecule has 0 fully saturated rings. The van der Waals surface area contributed by atoms with E-state index in [1.165, 1.54) is 36.5 Å². The number of aromatic hydroxyl groups is 1. The Labute approximate surface area is 112 Å². The Balaban J connectivity index is 2.23. The van der Waals surface area contributed by atoms with Gasteiger partial charge in [0.05, 0.1) is 5.69 Å². The molecule has 8 heteroatoms. The summed E-state index contributed by atoms with van der Waals surface area (Å²) in [5, 5.41) is 31.5. The third kappa shape index (κ3) is 2.80. The van der Waals surface area contributed by atoms with Gasteiger partial charge in [-0.15, -0.1) is 0 Å². The number of nitrogens with zero attached hydrogens (tertiary/aromatic N) is 2. The number of carboxylic acids is 1. The number of aromatic nitrogens is 1. The molecule has 20 heavy (non-hydrogen) atoms. The Hall–Kier alpha value is -3.16. The maximum Gasteiger partial charge on any atom is 0.363 e. The second-order valence-electron chi connectivity index (χ2n) is 3.82. The number of carbonyl (C=O) groups is 1. The van der Waals surface area contributed by atoms with Crippen LogP contribution in [0.3, 0.4) is 0 Å². The van der Waals surface area contributed by atoms with Crippen molar-refractivity contribution in [2.75, 3.05) is 5.32 Å². The summed E-state index contributed by atoms with van der Waals surface area (Å²) in [5.74, 6) is -1.88. The molecule has 2 rings (SSSR count).